The summed E-state index contributed by atoms with van der Waals surface area (Å²) in [6, 6.07) is 7.45. The molecule has 0 amide bonds. The molecule has 0 unspecified atom stereocenters. The lowest BCUT2D eigenvalue weighted by Gasteiger charge is -2.06. The highest BCUT2D eigenvalue weighted by molar-refractivity contribution is 7.89. The molecule has 0 radical (unpaired) electrons. The van der Waals surface area contributed by atoms with Crippen LogP contribution in [0.4, 0.5) is 0 Å². The second-order valence-corrected chi connectivity index (χ2v) is 6.52. The minimum atomic E-state index is -3.58. The molecule has 1 aromatic carbocycles. The van der Waals surface area contributed by atoms with E-state index in [4.69, 9.17) is 0 Å². The van der Waals surface area contributed by atoms with Gasteiger partial charge < -0.3 is 4.74 Å². The summed E-state index contributed by atoms with van der Waals surface area (Å²) in [7, 11) is -2.31. The Labute approximate surface area is 121 Å². The standard InChI is InChI=1S/C13H13NO4S2/c1-18-13(15)11-2-4-12(5-3-11)20(16,17)14-8-10-6-7-19-9-10/h2-7,9,14H,8H2,1H3. The van der Waals surface area contributed by atoms with Gasteiger partial charge in [0.1, 0.15) is 0 Å². The molecule has 2 aromatic rings. The van der Waals surface area contributed by atoms with Crippen LogP contribution in [0.25, 0.3) is 0 Å². The van der Waals surface area contributed by atoms with Gasteiger partial charge in [-0.2, -0.15) is 11.3 Å². The van der Waals surface area contributed by atoms with E-state index >= 15 is 0 Å². The van der Waals surface area contributed by atoms with Gasteiger partial charge in [-0.05, 0) is 46.7 Å². The van der Waals surface area contributed by atoms with Crippen molar-refractivity contribution in [2.45, 2.75) is 11.4 Å². The molecule has 0 aliphatic carbocycles. The van der Waals surface area contributed by atoms with Gasteiger partial charge in [-0.15, -0.1) is 0 Å². The second-order valence-electron chi connectivity index (χ2n) is 3.97. The van der Waals surface area contributed by atoms with E-state index in [1.165, 1.54) is 42.7 Å². The molecule has 0 atom stereocenters. The number of nitrogens with one attached hydrogen (secondary N) is 1. The lowest BCUT2D eigenvalue weighted by molar-refractivity contribution is 0.0600. The molecular weight excluding hydrogens is 298 g/mol. The number of sulfonamides is 1. The predicted octanol–water partition coefficient (Wildman–Crippen LogP) is 2.01. The summed E-state index contributed by atoms with van der Waals surface area (Å²) in [6.45, 7) is 0.241. The Hall–Kier alpha value is -1.70. The van der Waals surface area contributed by atoms with Gasteiger partial charge in [0.15, 0.2) is 0 Å². The van der Waals surface area contributed by atoms with Crippen LogP contribution in [0, 0.1) is 0 Å². The number of esters is 1. The third-order valence-corrected chi connectivity index (χ3v) is 4.78. The van der Waals surface area contributed by atoms with Crippen LogP contribution in [-0.4, -0.2) is 21.5 Å². The number of hydrogen-bond donors (Lipinski definition) is 1. The summed E-state index contributed by atoms with van der Waals surface area (Å²) >= 11 is 1.51. The van der Waals surface area contributed by atoms with E-state index in [1.807, 2.05) is 16.8 Å². The lowest BCUT2D eigenvalue weighted by atomic mass is 10.2. The van der Waals surface area contributed by atoms with Crippen molar-refractivity contribution in [2.24, 2.45) is 0 Å². The Balaban J connectivity index is 2.11. The zero-order chi connectivity index (χ0) is 14.6. The largest absolute Gasteiger partial charge is 0.465 e. The average Bonchev–Trinajstić information content (AvgIpc) is 2.98. The van der Waals surface area contributed by atoms with Crippen molar-refractivity contribution in [3.63, 3.8) is 0 Å². The molecular formula is C13H13NO4S2. The number of carbonyl (C=O) groups excluding carboxylic acids is 1. The Morgan fingerprint density at radius 1 is 1.25 bits per heavy atom. The van der Waals surface area contributed by atoms with Gasteiger partial charge in [-0.3, -0.25) is 0 Å². The number of benzene rings is 1. The van der Waals surface area contributed by atoms with Crippen LogP contribution in [0.3, 0.4) is 0 Å². The highest BCUT2D eigenvalue weighted by atomic mass is 32.2. The summed E-state index contributed by atoms with van der Waals surface area (Å²) in [5.41, 5.74) is 1.22. The lowest BCUT2D eigenvalue weighted by Crippen LogP contribution is -2.23. The van der Waals surface area contributed by atoms with Gasteiger partial charge in [0.2, 0.25) is 10.0 Å². The van der Waals surface area contributed by atoms with Crippen molar-refractivity contribution in [1.82, 2.24) is 4.72 Å². The monoisotopic (exact) mass is 311 g/mol. The zero-order valence-electron chi connectivity index (χ0n) is 10.7. The molecule has 20 heavy (non-hydrogen) atoms. The number of methoxy groups -OCH3 is 1. The molecule has 1 N–H and O–H groups in total. The van der Waals surface area contributed by atoms with Crippen LogP contribution in [0.1, 0.15) is 15.9 Å². The number of carbonyl (C=O) groups is 1. The number of hydrogen-bond acceptors (Lipinski definition) is 5. The van der Waals surface area contributed by atoms with E-state index in [1.54, 1.807) is 0 Å². The maximum Gasteiger partial charge on any atom is 0.337 e. The fourth-order valence-corrected chi connectivity index (χ4v) is 3.23. The molecule has 0 spiro atoms. The highest BCUT2D eigenvalue weighted by Gasteiger charge is 2.14. The smallest absolute Gasteiger partial charge is 0.337 e. The first-order valence-corrected chi connectivity index (χ1v) is 8.14. The quantitative estimate of drug-likeness (QED) is 0.857. The molecule has 1 heterocycles. The van der Waals surface area contributed by atoms with Crippen molar-refractivity contribution in [1.29, 1.82) is 0 Å². The first-order chi connectivity index (χ1) is 9.53. The van der Waals surface area contributed by atoms with E-state index in [-0.39, 0.29) is 11.4 Å². The van der Waals surface area contributed by atoms with E-state index in [9.17, 15) is 13.2 Å². The summed E-state index contributed by atoms with van der Waals surface area (Å²) in [6.07, 6.45) is 0. The maximum absolute atomic E-state index is 12.1. The molecule has 2 rings (SSSR count). The zero-order valence-corrected chi connectivity index (χ0v) is 12.3. The maximum atomic E-state index is 12.1. The Morgan fingerprint density at radius 2 is 1.95 bits per heavy atom. The SMILES string of the molecule is COC(=O)c1ccc(S(=O)(=O)NCc2ccsc2)cc1. The topological polar surface area (TPSA) is 72.5 Å². The van der Waals surface area contributed by atoms with Crippen LogP contribution in [0.15, 0.2) is 46.0 Å². The van der Waals surface area contributed by atoms with Gasteiger partial charge in [0, 0.05) is 6.54 Å². The molecule has 0 saturated heterocycles. The van der Waals surface area contributed by atoms with Crippen LogP contribution in [0.5, 0.6) is 0 Å². The summed E-state index contributed by atoms with van der Waals surface area (Å²) < 4.78 is 31.2. The fraction of sp³-hybridized carbons (Fsp3) is 0.154. The van der Waals surface area contributed by atoms with Crippen LogP contribution in [-0.2, 0) is 21.3 Å². The Bertz CT molecular complexity index is 676. The first kappa shape index (κ1) is 14.7. The normalized spacial score (nSPS) is 11.2. The van der Waals surface area contributed by atoms with Crippen LogP contribution in [0.2, 0.25) is 0 Å². The van der Waals surface area contributed by atoms with Gasteiger partial charge in [-0.25, -0.2) is 17.9 Å². The van der Waals surface area contributed by atoms with E-state index in [0.717, 1.165) is 5.56 Å². The van der Waals surface area contributed by atoms with Crippen LogP contribution >= 0.6 is 11.3 Å². The Morgan fingerprint density at radius 3 is 2.50 bits per heavy atom. The molecule has 0 aliphatic heterocycles. The summed E-state index contributed by atoms with van der Waals surface area (Å²) in [4.78, 5) is 11.4. The molecule has 0 bridgehead atoms. The van der Waals surface area contributed by atoms with E-state index in [2.05, 4.69) is 9.46 Å². The number of thiophene rings is 1. The molecule has 7 heteroatoms. The van der Waals surface area contributed by atoms with Gasteiger partial charge in [0.05, 0.1) is 17.6 Å². The van der Waals surface area contributed by atoms with Crippen molar-refractivity contribution in [3.05, 3.63) is 52.2 Å². The van der Waals surface area contributed by atoms with Gasteiger partial charge in [0.25, 0.3) is 0 Å². The molecule has 106 valence electrons. The highest BCUT2D eigenvalue weighted by Crippen LogP contribution is 2.13. The third kappa shape index (κ3) is 3.44. The number of ether oxygens (including phenoxy) is 1. The predicted molar refractivity (Wildman–Crippen MR) is 76.1 cm³/mol. The fourth-order valence-electron chi connectivity index (χ4n) is 1.54. The van der Waals surface area contributed by atoms with Crippen molar-refractivity contribution >= 4 is 27.3 Å². The van der Waals surface area contributed by atoms with Crippen molar-refractivity contribution in [2.75, 3.05) is 7.11 Å². The van der Waals surface area contributed by atoms with E-state index in [0.29, 0.717) is 5.56 Å². The molecule has 0 fully saturated rings. The van der Waals surface area contributed by atoms with Gasteiger partial charge >= 0.3 is 5.97 Å². The molecule has 5 nitrogen and oxygen atoms in total. The minimum Gasteiger partial charge on any atom is -0.465 e. The van der Waals surface area contributed by atoms with Gasteiger partial charge in [-0.1, -0.05) is 0 Å². The minimum absolute atomic E-state index is 0.111. The average molecular weight is 311 g/mol. The molecule has 1 aromatic heterocycles. The number of rotatable bonds is 5. The first-order valence-electron chi connectivity index (χ1n) is 5.72. The Kier molecular flexibility index (Phi) is 4.53. The second kappa shape index (κ2) is 6.17. The van der Waals surface area contributed by atoms with Crippen LogP contribution < -0.4 is 4.72 Å². The molecule has 0 aliphatic rings. The van der Waals surface area contributed by atoms with Crippen molar-refractivity contribution in [3.8, 4) is 0 Å². The third-order valence-electron chi connectivity index (χ3n) is 2.63. The van der Waals surface area contributed by atoms with E-state index < -0.39 is 16.0 Å². The van der Waals surface area contributed by atoms with Crippen molar-refractivity contribution < 1.29 is 17.9 Å². The molecule has 0 saturated carbocycles. The summed E-state index contributed by atoms with van der Waals surface area (Å²) in [5, 5.41) is 3.76. The summed E-state index contributed by atoms with van der Waals surface area (Å²) in [5.74, 6) is -0.500.